The minimum absolute atomic E-state index is 0.0127. The summed E-state index contributed by atoms with van der Waals surface area (Å²) in [5.74, 6) is 6.36. The molecule has 5 heteroatoms. The molecule has 0 bridgehead atoms. The van der Waals surface area contributed by atoms with Gasteiger partial charge in [-0.3, -0.25) is 9.59 Å². The fourth-order valence-corrected chi connectivity index (χ4v) is 11.3. The van der Waals surface area contributed by atoms with E-state index in [2.05, 4.69) is 60.7 Å². The molecule has 8 atom stereocenters. The summed E-state index contributed by atoms with van der Waals surface area (Å²) in [5.41, 5.74) is 5.78. The standard InChI is InChI=1S/C21H27IO2.C18H22O2/c1-21-10-9-17-16-6-4-15(24-12-2-11-22)13-14(16)3-5-18(17)19(21)7-8-20(21)23;1-18-9-8-14-13-5-3-12(19)10-11(13)2-4-15(14)16(18)6-7-17(18)20/h4,6,13,17-19H,2-3,5,7-12H2,1H3;3,5,10,14-16,19H,2,4,6-9H2,1H3/t17?,18?,19?,21-;14?,15?,16?,18-/m00/s1. The lowest BCUT2D eigenvalue weighted by Gasteiger charge is -2.48. The minimum atomic E-state index is -0.0322. The van der Waals surface area contributed by atoms with E-state index < -0.39 is 0 Å². The molecule has 0 spiro atoms. The van der Waals surface area contributed by atoms with Crippen LogP contribution in [-0.2, 0) is 22.4 Å². The quantitative estimate of drug-likeness (QED) is 0.196. The Balaban J connectivity index is 0.000000144. The molecule has 4 nitrogen and oxygen atoms in total. The first-order valence-corrected chi connectivity index (χ1v) is 19.0. The lowest BCUT2D eigenvalue weighted by molar-refractivity contribution is -0.130. The lowest BCUT2D eigenvalue weighted by atomic mass is 9.55. The van der Waals surface area contributed by atoms with Gasteiger partial charge >= 0.3 is 0 Å². The third kappa shape index (κ3) is 5.15. The number of aromatic hydroxyl groups is 1. The van der Waals surface area contributed by atoms with Crippen molar-refractivity contribution >= 4 is 34.2 Å². The number of carbonyl (C=O) groups excluding carboxylic acids is 2. The highest BCUT2D eigenvalue weighted by Crippen LogP contribution is 2.61. The highest BCUT2D eigenvalue weighted by atomic mass is 127. The second kappa shape index (κ2) is 12.0. The third-order valence-corrected chi connectivity index (χ3v) is 14.1. The van der Waals surface area contributed by atoms with E-state index in [9.17, 15) is 14.7 Å². The number of ether oxygens (including phenoxy) is 1. The molecule has 6 unspecified atom stereocenters. The number of rotatable bonds is 4. The Hall–Kier alpha value is -1.89. The van der Waals surface area contributed by atoms with Gasteiger partial charge in [-0.25, -0.2) is 0 Å². The van der Waals surface area contributed by atoms with Crippen molar-refractivity contribution in [1.29, 1.82) is 0 Å². The summed E-state index contributed by atoms with van der Waals surface area (Å²) >= 11 is 2.40. The number of fused-ring (bicyclic) bond motifs is 10. The first-order chi connectivity index (χ1) is 21.2. The summed E-state index contributed by atoms with van der Waals surface area (Å²) in [6, 6.07) is 12.7. The van der Waals surface area contributed by atoms with Crippen molar-refractivity contribution in [3.63, 3.8) is 0 Å². The Morgan fingerprint density at radius 2 is 1.30 bits per heavy atom. The topological polar surface area (TPSA) is 63.6 Å². The van der Waals surface area contributed by atoms with Gasteiger partial charge in [0.15, 0.2) is 0 Å². The van der Waals surface area contributed by atoms with Crippen LogP contribution in [0.1, 0.15) is 119 Å². The van der Waals surface area contributed by atoms with Gasteiger partial charge < -0.3 is 9.84 Å². The first-order valence-electron chi connectivity index (χ1n) is 17.4. The van der Waals surface area contributed by atoms with Crippen LogP contribution in [0.4, 0.5) is 0 Å². The molecule has 0 aromatic heterocycles. The Bertz CT molecular complexity index is 1430. The zero-order valence-corrected chi connectivity index (χ0v) is 28.7. The number of phenols is 1. The molecule has 4 saturated carbocycles. The smallest absolute Gasteiger partial charge is 0.139 e. The highest BCUT2D eigenvalue weighted by Gasteiger charge is 2.55. The molecule has 1 N–H and O–H groups in total. The average Bonchev–Trinajstić information content (AvgIpc) is 3.51. The molecule has 6 aliphatic carbocycles. The summed E-state index contributed by atoms with van der Waals surface area (Å²) in [6.07, 6.45) is 14.1. The molecule has 0 heterocycles. The van der Waals surface area contributed by atoms with Crippen molar-refractivity contribution in [3.8, 4) is 11.5 Å². The normalized spacial score (nSPS) is 36.5. The van der Waals surface area contributed by atoms with E-state index in [1.54, 1.807) is 5.56 Å². The molecule has 0 saturated heterocycles. The highest BCUT2D eigenvalue weighted by molar-refractivity contribution is 14.1. The second-order valence-electron chi connectivity index (χ2n) is 15.3. The summed E-state index contributed by atoms with van der Waals surface area (Å²) in [7, 11) is 0. The third-order valence-electron chi connectivity index (χ3n) is 13.4. The van der Waals surface area contributed by atoms with E-state index in [0.717, 1.165) is 81.0 Å². The summed E-state index contributed by atoms with van der Waals surface area (Å²) in [6.45, 7) is 5.29. The largest absolute Gasteiger partial charge is 0.508 e. The van der Waals surface area contributed by atoms with E-state index >= 15 is 0 Å². The van der Waals surface area contributed by atoms with Crippen LogP contribution in [0.2, 0.25) is 0 Å². The maximum atomic E-state index is 12.4. The number of halogens is 1. The van der Waals surface area contributed by atoms with E-state index in [4.69, 9.17) is 4.74 Å². The van der Waals surface area contributed by atoms with Gasteiger partial charge in [0.25, 0.3) is 0 Å². The van der Waals surface area contributed by atoms with Gasteiger partial charge in [0.05, 0.1) is 6.61 Å². The molecule has 0 amide bonds. The van der Waals surface area contributed by atoms with Gasteiger partial charge in [-0.2, -0.15) is 0 Å². The number of ketones is 2. The van der Waals surface area contributed by atoms with Gasteiger partial charge in [-0.1, -0.05) is 48.6 Å². The minimum Gasteiger partial charge on any atom is -0.508 e. The van der Waals surface area contributed by atoms with Crippen LogP contribution in [0.15, 0.2) is 36.4 Å². The molecule has 2 aromatic rings. The Morgan fingerprint density at radius 3 is 1.86 bits per heavy atom. The maximum Gasteiger partial charge on any atom is 0.139 e. The number of hydrogen-bond donors (Lipinski definition) is 1. The van der Waals surface area contributed by atoms with Crippen molar-refractivity contribution in [2.45, 2.75) is 109 Å². The average molecular weight is 709 g/mol. The number of alkyl halides is 1. The van der Waals surface area contributed by atoms with E-state index in [1.165, 1.54) is 36.0 Å². The number of benzene rings is 2. The van der Waals surface area contributed by atoms with E-state index in [-0.39, 0.29) is 10.8 Å². The van der Waals surface area contributed by atoms with Crippen LogP contribution in [0.3, 0.4) is 0 Å². The lowest BCUT2D eigenvalue weighted by Crippen LogP contribution is -2.42. The van der Waals surface area contributed by atoms with Crippen molar-refractivity contribution < 1.29 is 19.4 Å². The molecular formula is C39H49IO4. The fraction of sp³-hybridized carbons (Fsp3) is 0.641. The van der Waals surface area contributed by atoms with Gasteiger partial charge in [0, 0.05) is 28.1 Å². The number of hydrogen-bond acceptors (Lipinski definition) is 4. The predicted octanol–water partition coefficient (Wildman–Crippen LogP) is 9.13. The van der Waals surface area contributed by atoms with Gasteiger partial charge in [-0.05, 0) is 153 Å². The molecule has 2 aromatic carbocycles. The van der Waals surface area contributed by atoms with Crippen LogP contribution in [0, 0.1) is 34.5 Å². The summed E-state index contributed by atoms with van der Waals surface area (Å²) in [4.78, 5) is 24.7. The van der Waals surface area contributed by atoms with Crippen molar-refractivity contribution in [2.75, 3.05) is 11.0 Å². The predicted molar refractivity (Wildman–Crippen MR) is 183 cm³/mol. The molecule has 4 fully saturated rings. The molecule has 0 radical (unpaired) electrons. The van der Waals surface area contributed by atoms with Crippen LogP contribution >= 0.6 is 22.6 Å². The number of phenolic OH excluding ortho intramolecular Hbond substituents is 1. The molecular weight excluding hydrogens is 659 g/mol. The van der Waals surface area contributed by atoms with Crippen LogP contribution < -0.4 is 4.74 Å². The number of aryl methyl sites for hydroxylation is 2. The van der Waals surface area contributed by atoms with E-state index in [0.29, 0.717) is 52.8 Å². The van der Waals surface area contributed by atoms with Gasteiger partial charge in [0.1, 0.15) is 23.1 Å². The Kier molecular flexibility index (Phi) is 8.42. The maximum absolute atomic E-state index is 12.4. The van der Waals surface area contributed by atoms with Crippen LogP contribution in [-0.4, -0.2) is 27.7 Å². The molecule has 236 valence electrons. The zero-order chi connectivity index (χ0) is 30.6. The molecule has 6 aliphatic rings. The molecule has 44 heavy (non-hydrogen) atoms. The fourth-order valence-electron chi connectivity index (χ4n) is 11.0. The SMILES string of the molecule is C[C@]12CCC3c4ccc(O)cc4CCC3C1CCC2=O.C[C@]12CCC3c4ccc(OCCCI)cc4CCC3C1CCC2=O. The van der Waals surface area contributed by atoms with Crippen LogP contribution in [0.25, 0.3) is 0 Å². The second-order valence-corrected chi connectivity index (χ2v) is 16.4. The van der Waals surface area contributed by atoms with Crippen LogP contribution in [0.5, 0.6) is 11.5 Å². The van der Waals surface area contributed by atoms with Gasteiger partial charge in [-0.15, -0.1) is 0 Å². The molecule has 0 aliphatic heterocycles. The van der Waals surface area contributed by atoms with Crippen molar-refractivity contribution in [3.05, 3.63) is 58.7 Å². The van der Waals surface area contributed by atoms with Crippen molar-refractivity contribution in [1.82, 2.24) is 0 Å². The first kappa shape index (κ1) is 30.7. The molecule has 8 rings (SSSR count). The van der Waals surface area contributed by atoms with Gasteiger partial charge in [0.2, 0.25) is 0 Å². The summed E-state index contributed by atoms with van der Waals surface area (Å²) in [5, 5.41) is 9.67. The zero-order valence-electron chi connectivity index (χ0n) is 26.6. The Labute approximate surface area is 277 Å². The Morgan fingerprint density at radius 1 is 0.750 bits per heavy atom. The van der Waals surface area contributed by atoms with Crippen molar-refractivity contribution in [2.24, 2.45) is 34.5 Å². The number of Topliss-reactive ketones (excluding diaryl/α,β-unsaturated/α-hetero) is 2. The van der Waals surface area contributed by atoms with E-state index in [1.807, 2.05) is 12.1 Å². The monoisotopic (exact) mass is 708 g/mol. The summed E-state index contributed by atoms with van der Waals surface area (Å²) < 4.78 is 7.04. The number of carbonyl (C=O) groups is 2.